The minimum atomic E-state index is -0.630. The molecule has 0 aliphatic carbocycles. The van der Waals surface area contributed by atoms with Gasteiger partial charge >= 0.3 is 0 Å². The van der Waals surface area contributed by atoms with Gasteiger partial charge < -0.3 is 10.4 Å². The average Bonchev–Trinajstić information content (AvgIpc) is 2.29. The number of hydrogen-bond acceptors (Lipinski definition) is 4. The second kappa shape index (κ2) is 5.58. The summed E-state index contributed by atoms with van der Waals surface area (Å²) in [4.78, 5) is 10.1. The van der Waals surface area contributed by atoms with Crippen LogP contribution in [0.4, 0.5) is 15.8 Å². The van der Waals surface area contributed by atoms with E-state index in [1.165, 1.54) is 6.07 Å². The lowest BCUT2D eigenvalue weighted by Gasteiger charge is -2.11. The van der Waals surface area contributed by atoms with Gasteiger partial charge in [-0.2, -0.15) is 0 Å². The zero-order chi connectivity index (χ0) is 13.0. The van der Waals surface area contributed by atoms with Crippen molar-refractivity contribution in [1.29, 1.82) is 0 Å². The largest absolute Gasteiger partial charge is 0.396 e. The van der Waals surface area contributed by atoms with E-state index in [-0.39, 0.29) is 23.9 Å². The van der Waals surface area contributed by atoms with Gasteiger partial charge in [-0.25, -0.2) is 4.39 Å². The van der Waals surface area contributed by atoms with Crippen LogP contribution in [-0.2, 0) is 0 Å². The van der Waals surface area contributed by atoms with Gasteiger partial charge in [0.15, 0.2) is 0 Å². The Labute approximate surface area is 98.4 Å². The van der Waals surface area contributed by atoms with Crippen LogP contribution in [0, 0.1) is 28.8 Å². The summed E-state index contributed by atoms with van der Waals surface area (Å²) in [6.45, 7) is 3.72. The summed E-state index contributed by atoms with van der Waals surface area (Å²) < 4.78 is 13.2. The first-order chi connectivity index (χ1) is 7.95. The Hall–Kier alpha value is -1.69. The van der Waals surface area contributed by atoms with Gasteiger partial charge in [-0.3, -0.25) is 10.1 Å². The minimum Gasteiger partial charge on any atom is -0.396 e. The van der Waals surface area contributed by atoms with Crippen LogP contribution < -0.4 is 5.32 Å². The van der Waals surface area contributed by atoms with Crippen molar-refractivity contribution in [3.63, 3.8) is 0 Å². The molecular formula is C11H15FN2O3. The van der Waals surface area contributed by atoms with E-state index in [1.807, 2.05) is 0 Å². The van der Waals surface area contributed by atoms with Crippen molar-refractivity contribution in [3.8, 4) is 0 Å². The molecule has 0 heterocycles. The summed E-state index contributed by atoms with van der Waals surface area (Å²) in [6.07, 6.45) is 0. The number of nitro benzene ring substituents is 1. The first-order valence-corrected chi connectivity index (χ1v) is 5.25. The molecule has 2 N–H and O–H groups in total. The van der Waals surface area contributed by atoms with Crippen molar-refractivity contribution in [1.82, 2.24) is 0 Å². The van der Waals surface area contributed by atoms with Crippen LogP contribution in [-0.4, -0.2) is 23.2 Å². The average molecular weight is 242 g/mol. The number of nitrogens with one attached hydrogen (secondary N) is 1. The second-order valence-electron chi connectivity index (χ2n) is 4.04. The quantitative estimate of drug-likeness (QED) is 0.612. The Kier molecular flexibility index (Phi) is 4.39. The van der Waals surface area contributed by atoms with Gasteiger partial charge in [0, 0.05) is 13.2 Å². The zero-order valence-electron chi connectivity index (χ0n) is 9.74. The number of aliphatic hydroxyl groups excluding tert-OH is 1. The van der Waals surface area contributed by atoms with Crippen LogP contribution in [0.25, 0.3) is 0 Å². The topological polar surface area (TPSA) is 75.4 Å². The van der Waals surface area contributed by atoms with E-state index in [0.717, 1.165) is 6.07 Å². The smallest absolute Gasteiger partial charge is 0.295 e. The molecule has 6 heteroatoms. The van der Waals surface area contributed by atoms with Gasteiger partial charge in [-0.15, -0.1) is 0 Å². The van der Waals surface area contributed by atoms with Crippen molar-refractivity contribution < 1.29 is 14.4 Å². The molecule has 1 rings (SSSR count). The molecule has 1 unspecified atom stereocenters. The fraction of sp³-hybridized carbons (Fsp3) is 0.455. The number of anilines is 1. The maximum atomic E-state index is 13.2. The Morgan fingerprint density at radius 3 is 2.76 bits per heavy atom. The van der Waals surface area contributed by atoms with E-state index in [2.05, 4.69) is 5.32 Å². The van der Waals surface area contributed by atoms with Gasteiger partial charge in [0.25, 0.3) is 5.69 Å². The predicted octanol–water partition coefficient (Wildman–Crippen LogP) is 2.08. The molecule has 0 spiro atoms. The van der Waals surface area contributed by atoms with Crippen molar-refractivity contribution in [2.75, 3.05) is 18.5 Å². The van der Waals surface area contributed by atoms with E-state index >= 15 is 0 Å². The number of aliphatic hydroxyl groups is 1. The number of hydrogen-bond donors (Lipinski definition) is 2. The monoisotopic (exact) mass is 242 g/mol. The molecule has 0 fully saturated rings. The maximum Gasteiger partial charge on any atom is 0.295 e. The van der Waals surface area contributed by atoms with Crippen molar-refractivity contribution in [3.05, 3.63) is 33.6 Å². The van der Waals surface area contributed by atoms with Gasteiger partial charge in [0.05, 0.1) is 11.0 Å². The first kappa shape index (κ1) is 13.4. The van der Waals surface area contributed by atoms with E-state index in [0.29, 0.717) is 12.1 Å². The van der Waals surface area contributed by atoms with E-state index in [9.17, 15) is 14.5 Å². The Bertz CT molecular complexity index is 423. The Balaban J connectivity index is 2.96. The molecule has 1 aromatic carbocycles. The summed E-state index contributed by atoms with van der Waals surface area (Å²) in [5.74, 6) is -0.627. The molecule has 0 radical (unpaired) electrons. The number of nitrogens with zero attached hydrogens (tertiary/aromatic N) is 1. The van der Waals surface area contributed by atoms with Gasteiger partial charge in [-0.1, -0.05) is 6.92 Å². The summed E-state index contributed by atoms with van der Waals surface area (Å²) >= 11 is 0. The minimum absolute atomic E-state index is 0.0129. The Morgan fingerprint density at radius 1 is 1.59 bits per heavy atom. The highest BCUT2D eigenvalue weighted by Crippen LogP contribution is 2.27. The molecule has 0 aliphatic heterocycles. The zero-order valence-corrected chi connectivity index (χ0v) is 9.74. The Morgan fingerprint density at radius 2 is 2.24 bits per heavy atom. The van der Waals surface area contributed by atoms with Crippen LogP contribution in [0.2, 0.25) is 0 Å². The van der Waals surface area contributed by atoms with Gasteiger partial charge in [0.1, 0.15) is 11.5 Å². The maximum absolute atomic E-state index is 13.2. The third kappa shape index (κ3) is 3.39. The van der Waals surface area contributed by atoms with Crippen LogP contribution in [0.3, 0.4) is 0 Å². The normalized spacial score (nSPS) is 12.2. The number of nitro groups is 1. The SMILES string of the molecule is Cc1cc(NCC(C)CO)c([N+](=O)[O-])cc1F. The summed E-state index contributed by atoms with van der Waals surface area (Å²) in [6, 6.07) is 2.30. The molecule has 5 nitrogen and oxygen atoms in total. The highest BCUT2D eigenvalue weighted by atomic mass is 19.1. The molecule has 0 saturated heterocycles. The molecule has 1 atom stereocenters. The standard InChI is InChI=1S/C11H15FN2O3/c1-7(6-15)5-13-10-3-8(2)9(12)4-11(10)14(16)17/h3-4,7,13,15H,5-6H2,1-2H3. The lowest BCUT2D eigenvalue weighted by molar-refractivity contribution is -0.384. The molecule has 0 saturated carbocycles. The fourth-order valence-electron chi connectivity index (χ4n) is 1.31. The third-order valence-electron chi connectivity index (χ3n) is 2.43. The molecule has 0 aliphatic rings. The van der Waals surface area contributed by atoms with Crippen molar-refractivity contribution >= 4 is 11.4 Å². The number of aryl methyl sites for hydroxylation is 1. The first-order valence-electron chi connectivity index (χ1n) is 5.25. The molecule has 0 amide bonds. The van der Waals surface area contributed by atoms with Crippen molar-refractivity contribution in [2.24, 2.45) is 5.92 Å². The molecule has 17 heavy (non-hydrogen) atoms. The number of halogens is 1. The van der Waals surface area contributed by atoms with Crippen LogP contribution in [0.5, 0.6) is 0 Å². The molecule has 0 aromatic heterocycles. The summed E-state index contributed by atoms with van der Waals surface area (Å²) in [5.41, 5.74) is 0.321. The molecular weight excluding hydrogens is 227 g/mol. The molecule has 94 valence electrons. The summed E-state index contributed by atoms with van der Waals surface area (Å²) in [7, 11) is 0. The van der Waals surface area contributed by atoms with Crippen molar-refractivity contribution in [2.45, 2.75) is 13.8 Å². The molecule has 0 bridgehead atoms. The second-order valence-corrected chi connectivity index (χ2v) is 4.04. The lowest BCUT2D eigenvalue weighted by Crippen LogP contribution is -2.15. The number of rotatable bonds is 5. The number of benzene rings is 1. The predicted molar refractivity (Wildman–Crippen MR) is 62.5 cm³/mol. The van der Waals surface area contributed by atoms with E-state index in [1.54, 1.807) is 13.8 Å². The molecule has 1 aromatic rings. The third-order valence-corrected chi connectivity index (χ3v) is 2.43. The van der Waals surface area contributed by atoms with Crippen LogP contribution in [0.15, 0.2) is 12.1 Å². The van der Waals surface area contributed by atoms with E-state index < -0.39 is 10.7 Å². The fourth-order valence-corrected chi connectivity index (χ4v) is 1.31. The lowest BCUT2D eigenvalue weighted by atomic mass is 10.1. The highest BCUT2D eigenvalue weighted by Gasteiger charge is 2.17. The van der Waals surface area contributed by atoms with Gasteiger partial charge in [-0.05, 0) is 24.5 Å². The highest BCUT2D eigenvalue weighted by molar-refractivity contribution is 5.63. The summed E-state index contributed by atoms with van der Waals surface area (Å²) in [5, 5.41) is 22.5. The van der Waals surface area contributed by atoms with Crippen LogP contribution >= 0.6 is 0 Å². The van der Waals surface area contributed by atoms with Crippen LogP contribution in [0.1, 0.15) is 12.5 Å². The van der Waals surface area contributed by atoms with Gasteiger partial charge in [0.2, 0.25) is 0 Å². The van der Waals surface area contributed by atoms with E-state index in [4.69, 9.17) is 5.11 Å².